The SMILES string of the molecule is CCn1nc(CC(=O)c2ccncn2)c2ccccc21. The zero-order valence-corrected chi connectivity index (χ0v) is 11.2. The van der Waals surface area contributed by atoms with Gasteiger partial charge in [0.1, 0.15) is 12.0 Å². The summed E-state index contributed by atoms with van der Waals surface area (Å²) < 4.78 is 1.91. The minimum Gasteiger partial charge on any atom is -0.292 e. The summed E-state index contributed by atoms with van der Waals surface area (Å²) in [5.41, 5.74) is 2.28. The number of fused-ring (bicyclic) bond motifs is 1. The molecule has 0 radical (unpaired) electrons. The topological polar surface area (TPSA) is 60.7 Å². The van der Waals surface area contributed by atoms with E-state index in [1.807, 2.05) is 35.9 Å². The molecule has 0 spiro atoms. The largest absolute Gasteiger partial charge is 0.292 e. The molecule has 0 aliphatic rings. The van der Waals surface area contributed by atoms with Crippen molar-refractivity contribution in [1.29, 1.82) is 0 Å². The molecule has 0 bridgehead atoms. The van der Waals surface area contributed by atoms with E-state index in [4.69, 9.17) is 0 Å². The lowest BCUT2D eigenvalue weighted by atomic mass is 10.1. The average molecular weight is 266 g/mol. The van der Waals surface area contributed by atoms with Crippen molar-refractivity contribution in [2.75, 3.05) is 0 Å². The number of rotatable bonds is 4. The van der Waals surface area contributed by atoms with E-state index < -0.39 is 0 Å². The molecule has 1 aromatic carbocycles. The third-order valence-electron chi connectivity index (χ3n) is 3.23. The molecule has 0 unspecified atom stereocenters. The Kier molecular flexibility index (Phi) is 3.25. The first-order valence-electron chi connectivity index (χ1n) is 6.53. The van der Waals surface area contributed by atoms with Crippen molar-refractivity contribution < 1.29 is 4.79 Å². The number of Topliss-reactive ketones (excluding diaryl/α,β-unsaturated/α-hetero) is 1. The van der Waals surface area contributed by atoms with E-state index in [2.05, 4.69) is 15.1 Å². The molecule has 5 nitrogen and oxygen atoms in total. The monoisotopic (exact) mass is 266 g/mol. The number of hydrogen-bond donors (Lipinski definition) is 0. The maximum atomic E-state index is 12.2. The van der Waals surface area contributed by atoms with Crippen LogP contribution in [-0.2, 0) is 13.0 Å². The first-order chi connectivity index (χ1) is 9.79. The molecule has 0 amide bonds. The zero-order valence-electron chi connectivity index (χ0n) is 11.2. The Morgan fingerprint density at radius 3 is 2.85 bits per heavy atom. The Labute approximate surface area is 116 Å². The third-order valence-corrected chi connectivity index (χ3v) is 3.23. The van der Waals surface area contributed by atoms with Gasteiger partial charge in [-0.3, -0.25) is 9.48 Å². The van der Waals surface area contributed by atoms with Gasteiger partial charge in [-0.2, -0.15) is 5.10 Å². The standard InChI is InChI=1S/C15H14N4O/c1-2-19-14-6-4-3-5-11(14)13(18-19)9-15(20)12-7-8-16-10-17-12/h3-8,10H,2,9H2,1H3. The number of ketones is 1. The summed E-state index contributed by atoms with van der Waals surface area (Å²) in [4.78, 5) is 20.0. The molecule has 2 aromatic heterocycles. The molecule has 0 aliphatic heterocycles. The number of hydrogen-bond acceptors (Lipinski definition) is 4. The summed E-state index contributed by atoms with van der Waals surface area (Å²) in [6.07, 6.45) is 3.21. The molecule has 20 heavy (non-hydrogen) atoms. The van der Waals surface area contributed by atoms with E-state index in [0.717, 1.165) is 23.1 Å². The Balaban J connectivity index is 1.97. The summed E-state index contributed by atoms with van der Waals surface area (Å²) in [5, 5.41) is 5.55. The summed E-state index contributed by atoms with van der Waals surface area (Å²) in [7, 11) is 0. The molecule has 2 heterocycles. The van der Waals surface area contributed by atoms with Gasteiger partial charge in [0.2, 0.25) is 0 Å². The number of para-hydroxylation sites is 1. The predicted molar refractivity (Wildman–Crippen MR) is 75.5 cm³/mol. The molecule has 0 aliphatic carbocycles. The van der Waals surface area contributed by atoms with Crippen molar-refractivity contribution in [1.82, 2.24) is 19.7 Å². The molecule has 100 valence electrons. The average Bonchev–Trinajstić information content (AvgIpc) is 2.86. The van der Waals surface area contributed by atoms with E-state index in [9.17, 15) is 4.79 Å². The number of aryl methyl sites for hydroxylation is 1. The number of carbonyl (C=O) groups is 1. The van der Waals surface area contributed by atoms with Crippen molar-refractivity contribution in [3.63, 3.8) is 0 Å². The Morgan fingerprint density at radius 1 is 1.25 bits per heavy atom. The fourth-order valence-electron chi connectivity index (χ4n) is 2.27. The van der Waals surface area contributed by atoms with Crippen LogP contribution in [0.4, 0.5) is 0 Å². The number of nitrogens with zero attached hydrogens (tertiary/aromatic N) is 4. The highest BCUT2D eigenvalue weighted by atomic mass is 16.1. The quantitative estimate of drug-likeness (QED) is 0.680. The van der Waals surface area contributed by atoms with E-state index in [-0.39, 0.29) is 12.2 Å². The van der Waals surface area contributed by atoms with Gasteiger partial charge in [-0.05, 0) is 19.1 Å². The second-order valence-electron chi connectivity index (χ2n) is 4.47. The molecular weight excluding hydrogens is 252 g/mol. The molecule has 0 atom stereocenters. The van der Waals surface area contributed by atoms with Crippen LogP contribution in [0.2, 0.25) is 0 Å². The minimum absolute atomic E-state index is 0.0427. The lowest BCUT2D eigenvalue weighted by Gasteiger charge is -1.97. The number of aromatic nitrogens is 4. The van der Waals surface area contributed by atoms with Crippen molar-refractivity contribution in [3.05, 3.63) is 54.2 Å². The summed E-state index contributed by atoms with van der Waals surface area (Å²) >= 11 is 0. The first-order valence-corrected chi connectivity index (χ1v) is 6.53. The highest BCUT2D eigenvalue weighted by Crippen LogP contribution is 2.19. The van der Waals surface area contributed by atoms with E-state index in [1.54, 1.807) is 12.3 Å². The van der Waals surface area contributed by atoms with Gasteiger partial charge < -0.3 is 0 Å². The summed E-state index contributed by atoms with van der Waals surface area (Å²) in [5.74, 6) is -0.0427. The minimum atomic E-state index is -0.0427. The van der Waals surface area contributed by atoms with Crippen LogP contribution < -0.4 is 0 Å². The lowest BCUT2D eigenvalue weighted by molar-refractivity contribution is 0.0987. The maximum Gasteiger partial charge on any atom is 0.187 e. The summed E-state index contributed by atoms with van der Waals surface area (Å²) in [6.45, 7) is 2.82. The molecule has 3 aromatic rings. The van der Waals surface area contributed by atoms with Crippen LogP contribution >= 0.6 is 0 Å². The lowest BCUT2D eigenvalue weighted by Crippen LogP contribution is -2.07. The molecule has 5 heteroatoms. The van der Waals surface area contributed by atoms with Gasteiger partial charge in [0.25, 0.3) is 0 Å². The fraction of sp³-hybridized carbons (Fsp3) is 0.200. The molecule has 3 rings (SSSR count). The van der Waals surface area contributed by atoms with Crippen LogP contribution in [-0.4, -0.2) is 25.5 Å². The second kappa shape index (κ2) is 5.21. The molecular formula is C15H14N4O. The van der Waals surface area contributed by atoms with Crippen molar-refractivity contribution in [2.24, 2.45) is 0 Å². The van der Waals surface area contributed by atoms with Crippen molar-refractivity contribution in [2.45, 2.75) is 19.9 Å². The van der Waals surface area contributed by atoms with Crippen LogP contribution in [0.5, 0.6) is 0 Å². The zero-order chi connectivity index (χ0) is 13.9. The van der Waals surface area contributed by atoms with Gasteiger partial charge in [0.05, 0.1) is 17.6 Å². The van der Waals surface area contributed by atoms with Crippen molar-refractivity contribution in [3.8, 4) is 0 Å². The normalized spacial score (nSPS) is 10.8. The second-order valence-corrected chi connectivity index (χ2v) is 4.47. The molecule has 0 N–H and O–H groups in total. The fourth-order valence-corrected chi connectivity index (χ4v) is 2.27. The van der Waals surface area contributed by atoms with Crippen LogP contribution in [0.3, 0.4) is 0 Å². The van der Waals surface area contributed by atoms with E-state index in [0.29, 0.717) is 5.69 Å². The van der Waals surface area contributed by atoms with Crippen LogP contribution in [0.15, 0.2) is 42.9 Å². The number of benzene rings is 1. The van der Waals surface area contributed by atoms with Gasteiger partial charge >= 0.3 is 0 Å². The van der Waals surface area contributed by atoms with Crippen LogP contribution in [0.1, 0.15) is 23.1 Å². The van der Waals surface area contributed by atoms with Gasteiger partial charge in [0, 0.05) is 18.1 Å². The summed E-state index contributed by atoms with van der Waals surface area (Å²) in [6, 6.07) is 9.58. The maximum absolute atomic E-state index is 12.2. The van der Waals surface area contributed by atoms with Gasteiger partial charge in [0.15, 0.2) is 5.78 Å². The smallest absolute Gasteiger partial charge is 0.187 e. The van der Waals surface area contributed by atoms with E-state index >= 15 is 0 Å². The van der Waals surface area contributed by atoms with Crippen LogP contribution in [0, 0.1) is 0 Å². The molecule has 0 fully saturated rings. The Morgan fingerprint density at radius 2 is 2.10 bits per heavy atom. The third kappa shape index (κ3) is 2.18. The number of carbonyl (C=O) groups excluding carboxylic acids is 1. The first kappa shape index (κ1) is 12.5. The Bertz CT molecular complexity index is 749. The van der Waals surface area contributed by atoms with Gasteiger partial charge in [-0.15, -0.1) is 0 Å². The van der Waals surface area contributed by atoms with Crippen LogP contribution in [0.25, 0.3) is 10.9 Å². The predicted octanol–water partition coefficient (Wildman–Crippen LogP) is 2.27. The van der Waals surface area contributed by atoms with E-state index in [1.165, 1.54) is 6.33 Å². The molecule has 0 saturated carbocycles. The highest BCUT2D eigenvalue weighted by Gasteiger charge is 2.14. The Hall–Kier alpha value is -2.56. The van der Waals surface area contributed by atoms with Gasteiger partial charge in [-0.1, -0.05) is 18.2 Å². The van der Waals surface area contributed by atoms with Crippen molar-refractivity contribution >= 4 is 16.7 Å². The van der Waals surface area contributed by atoms with Gasteiger partial charge in [-0.25, -0.2) is 9.97 Å². The molecule has 0 saturated heterocycles. The highest BCUT2D eigenvalue weighted by molar-refractivity contribution is 5.97.